The van der Waals surface area contributed by atoms with E-state index in [9.17, 15) is 4.79 Å². The summed E-state index contributed by atoms with van der Waals surface area (Å²) in [4.78, 5) is 26.0. The summed E-state index contributed by atoms with van der Waals surface area (Å²) in [5.74, 6) is 0.736. The van der Waals surface area contributed by atoms with Gasteiger partial charge in [0.25, 0.3) is 5.56 Å². The van der Waals surface area contributed by atoms with Gasteiger partial charge in [0.05, 0.1) is 0 Å². The minimum absolute atomic E-state index is 0.0333. The molecule has 0 aliphatic carbocycles. The fourth-order valence-corrected chi connectivity index (χ4v) is 4.46. The van der Waals surface area contributed by atoms with Gasteiger partial charge in [-0.1, -0.05) is 12.1 Å². The summed E-state index contributed by atoms with van der Waals surface area (Å²) < 4.78 is 0. The summed E-state index contributed by atoms with van der Waals surface area (Å²) in [6.07, 6.45) is 10.00. The van der Waals surface area contributed by atoms with E-state index in [0.717, 1.165) is 48.2 Å². The zero-order valence-electron chi connectivity index (χ0n) is 15.3. The molecule has 0 bridgehead atoms. The van der Waals surface area contributed by atoms with Gasteiger partial charge in [-0.25, -0.2) is 4.98 Å². The van der Waals surface area contributed by atoms with E-state index in [1.54, 1.807) is 17.5 Å². The van der Waals surface area contributed by atoms with Crippen molar-refractivity contribution in [3.63, 3.8) is 0 Å². The van der Waals surface area contributed by atoms with Crippen LogP contribution in [0.4, 0.5) is 0 Å². The highest BCUT2D eigenvalue weighted by Crippen LogP contribution is 2.27. The summed E-state index contributed by atoms with van der Waals surface area (Å²) in [5.41, 5.74) is 3.23. The van der Waals surface area contributed by atoms with Gasteiger partial charge < -0.3 is 4.98 Å². The molecule has 1 N–H and O–H groups in total. The van der Waals surface area contributed by atoms with E-state index in [2.05, 4.69) is 25.9 Å². The van der Waals surface area contributed by atoms with Gasteiger partial charge in [0, 0.05) is 36.1 Å². The molecule has 0 spiro atoms. The Hall–Kier alpha value is -2.31. The number of thiazole rings is 1. The maximum absolute atomic E-state index is 11.9. The third-order valence-electron chi connectivity index (χ3n) is 5.35. The summed E-state index contributed by atoms with van der Waals surface area (Å²) >= 11 is 1.65. The van der Waals surface area contributed by atoms with Crippen molar-refractivity contribution in [2.75, 3.05) is 13.1 Å². The SMILES string of the molecule is O=c1[nH]cccc1CN1CCC(CCc2cccnc2-c2nccs2)CC1. The predicted octanol–water partition coefficient (Wildman–Crippen LogP) is 3.74. The van der Waals surface area contributed by atoms with E-state index < -0.39 is 0 Å². The van der Waals surface area contributed by atoms with E-state index in [1.165, 1.54) is 24.8 Å². The van der Waals surface area contributed by atoms with Crippen LogP contribution >= 0.6 is 11.3 Å². The Kier molecular flexibility index (Phi) is 5.75. The lowest BCUT2D eigenvalue weighted by molar-refractivity contribution is 0.172. The van der Waals surface area contributed by atoms with Crippen molar-refractivity contribution in [1.29, 1.82) is 0 Å². The molecule has 0 radical (unpaired) electrons. The molecule has 1 aliphatic rings. The smallest absolute Gasteiger partial charge is 0.252 e. The number of rotatable bonds is 6. The van der Waals surface area contributed by atoms with Crippen LogP contribution < -0.4 is 5.56 Å². The molecule has 3 aromatic heterocycles. The number of aromatic nitrogens is 3. The quantitative estimate of drug-likeness (QED) is 0.708. The second kappa shape index (κ2) is 8.59. The van der Waals surface area contributed by atoms with Crippen LogP contribution in [0.5, 0.6) is 0 Å². The van der Waals surface area contributed by atoms with Crippen molar-refractivity contribution in [2.24, 2.45) is 5.92 Å². The van der Waals surface area contributed by atoms with Crippen LogP contribution in [0.15, 0.2) is 53.0 Å². The van der Waals surface area contributed by atoms with Crippen molar-refractivity contribution in [2.45, 2.75) is 32.2 Å². The van der Waals surface area contributed by atoms with Gasteiger partial charge in [0.1, 0.15) is 10.7 Å². The lowest BCUT2D eigenvalue weighted by Gasteiger charge is -2.31. The largest absolute Gasteiger partial charge is 0.329 e. The zero-order valence-corrected chi connectivity index (χ0v) is 16.1. The van der Waals surface area contributed by atoms with Gasteiger partial charge in [0.2, 0.25) is 0 Å². The van der Waals surface area contributed by atoms with Crippen molar-refractivity contribution in [3.05, 3.63) is 69.7 Å². The number of likely N-dealkylation sites (tertiary alicyclic amines) is 1. The van der Waals surface area contributed by atoms with Crippen LogP contribution in [0.2, 0.25) is 0 Å². The molecule has 5 nitrogen and oxygen atoms in total. The molecule has 1 saturated heterocycles. The summed E-state index contributed by atoms with van der Waals surface area (Å²) in [6.45, 7) is 2.87. The first-order chi connectivity index (χ1) is 13.3. The van der Waals surface area contributed by atoms with Gasteiger partial charge in [-0.05, 0) is 62.4 Å². The Balaban J connectivity index is 1.31. The Morgan fingerprint density at radius 1 is 1.11 bits per heavy atom. The Morgan fingerprint density at radius 2 is 1.96 bits per heavy atom. The fraction of sp³-hybridized carbons (Fsp3) is 0.381. The third kappa shape index (κ3) is 4.51. The highest BCUT2D eigenvalue weighted by atomic mass is 32.1. The van der Waals surface area contributed by atoms with E-state index in [-0.39, 0.29) is 5.56 Å². The number of pyridine rings is 2. The van der Waals surface area contributed by atoms with Gasteiger partial charge in [-0.3, -0.25) is 14.7 Å². The van der Waals surface area contributed by atoms with Crippen LogP contribution in [0.25, 0.3) is 10.7 Å². The summed E-state index contributed by atoms with van der Waals surface area (Å²) in [5, 5.41) is 3.01. The maximum atomic E-state index is 11.9. The lowest BCUT2D eigenvalue weighted by atomic mass is 9.90. The van der Waals surface area contributed by atoms with E-state index >= 15 is 0 Å². The number of nitrogens with zero attached hydrogens (tertiary/aromatic N) is 3. The standard InChI is InChI=1S/C21H24N4OS/c26-20-18(4-2-10-23-20)15-25-12-7-16(8-13-25)5-6-17-3-1-9-22-19(17)21-24-11-14-27-21/h1-4,9-11,14,16H,5-8,12-13,15H2,(H,23,26). The lowest BCUT2D eigenvalue weighted by Crippen LogP contribution is -2.35. The van der Waals surface area contributed by atoms with Crippen LogP contribution in [0, 0.1) is 5.92 Å². The molecule has 0 saturated carbocycles. The van der Waals surface area contributed by atoms with Gasteiger partial charge >= 0.3 is 0 Å². The number of aryl methyl sites for hydroxylation is 1. The molecule has 1 fully saturated rings. The molecule has 1 aliphatic heterocycles. The van der Waals surface area contributed by atoms with Crippen LogP contribution in [0.1, 0.15) is 30.4 Å². The second-order valence-corrected chi connectivity index (χ2v) is 8.03. The molecule has 0 atom stereocenters. The molecular formula is C21H24N4OS. The van der Waals surface area contributed by atoms with Crippen molar-refractivity contribution in [1.82, 2.24) is 19.9 Å². The number of piperidine rings is 1. The Morgan fingerprint density at radius 3 is 2.74 bits per heavy atom. The zero-order chi connectivity index (χ0) is 18.5. The molecule has 3 aromatic rings. The van der Waals surface area contributed by atoms with E-state index in [4.69, 9.17) is 0 Å². The molecule has 0 unspecified atom stereocenters. The van der Waals surface area contributed by atoms with Gasteiger partial charge in [0.15, 0.2) is 0 Å². The van der Waals surface area contributed by atoms with Crippen molar-refractivity contribution >= 4 is 11.3 Å². The van der Waals surface area contributed by atoms with Gasteiger partial charge in [-0.15, -0.1) is 11.3 Å². The Bertz CT molecular complexity index is 914. The summed E-state index contributed by atoms with van der Waals surface area (Å²) in [6, 6.07) is 8.03. The minimum atomic E-state index is 0.0333. The number of aromatic amines is 1. The van der Waals surface area contributed by atoms with E-state index in [0.29, 0.717) is 0 Å². The maximum Gasteiger partial charge on any atom is 0.252 e. The van der Waals surface area contributed by atoms with Crippen LogP contribution in [-0.2, 0) is 13.0 Å². The topological polar surface area (TPSA) is 61.9 Å². The first-order valence-corrected chi connectivity index (χ1v) is 10.4. The number of hydrogen-bond acceptors (Lipinski definition) is 5. The third-order valence-corrected chi connectivity index (χ3v) is 6.13. The number of nitrogens with one attached hydrogen (secondary N) is 1. The molecule has 4 heterocycles. The van der Waals surface area contributed by atoms with Crippen molar-refractivity contribution in [3.8, 4) is 10.7 Å². The average molecular weight is 381 g/mol. The highest BCUT2D eigenvalue weighted by Gasteiger charge is 2.20. The average Bonchev–Trinajstić information content (AvgIpc) is 3.24. The van der Waals surface area contributed by atoms with E-state index in [1.807, 2.05) is 36.0 Å². The fourth-order valence-electron chi connectivity index (χ4n) is 3.79. The predicted molar refractivity (Wildman–Crippen MR) is 109 cm³/mol. The molecule has 0 aromatic carbocycles. The normalized spacial score (nSPS) is 15.9. The minimum Gasteiger partial charge on any atom is -0.329 e. The van der Waals surface area contributed by atoms with Crippen LogP contribution in [0.3, 0.4) is 0 Å². The number of hydrogen-bond donors (Lipinski definition) is 1. The number of H-pyrrole nitrogens is 1. The molecule has 0 amide bonds. The molecule has 4 rings (SSSR count). The van der Waals surface area contributed by atoms with Gasteiger partial charge in [-0.2, -0.15) is 0 Å². The van der Waals surface area contributed by atoms with Crippen molar-refractivity contribution < 1.29 is 0 Å². The summed E-state index contributed by atoms with van der Waals surface area (Å²) in [7, 11) is 0. The highest BCUT2D eigenvalue weighted by molar-refractivity contribution is 7.13. The second-order valence-electron chi connectivity index (χ2n) is 7.13. The first kappa shape index (κ1) is 18.1. The molecule has 6 heteroatoms. The molecule has 140 valence electrons. The Labute approximate surface area is 163 Å². The first-order valence-electron chi connectivity index (χ1n) is 9.52. The monoisotopic (exact) mass is 380 g/mol. The molecular weight excluding hydrogens is 356 g/mol. The molecule has 27 heavy (non-hydrogen) atoms. The van der Waals surface area contributed by atoms with Crippen LogP contribution in [-0.4, -0.2) is 32.9 Å².